The average Bonchev–Trinajstić information content (AvgIpc) is 3.20. The molecule has 6 nitrogen and oxygen atoms in total. The molecule has 0 saturated carbocycles. The number of aromatic carboxylic acids is 1. The van der Waals surface area contributed by atoms with Gasteiger partial charge in [0.2, 0.25) is 0 Å². The van der Waals surface area contributed by atoms with Crippen LogP contribution in [0.15, 0.2) is 11.4 Å². The quantitative estimate of drug-likeness (QED) is 0.861. The molecular weight excluding hydrogens is 326 g/mol. The van der Waals surface area contributed by atoms with Crippen molar-refractivity contribution in [2.75, 3.05) is 6.54 Å². The zero-order valence-corrected chi connectivity index (χ0v) is 14.7. The number of aromatic nitrogens is 2. The van der Waals surface area contributed by atoms with Crippen molar-refractivity contribution in [3.8, 4) is 5.69 Å². The normalized spacial score (nSPS) is 19.7. The van der Waals surface area contributed by atoms with Gasteiger partial charge in [-0.2, -0.15) is 0 Å². The van der Waals surface area contributed by atoms with E-state index in [9.17, 15) is 14.7 Å². The van der Waals surface area contributed by atoms with Crippen molar-refractivity contribution in [3.05, 3.63) is 33.5 Å². The number of imidazole rings is 1. The van der Waals surface area contributed by atoms with Gasteiger partial charge in [-0.3, -0.25) is 9.36 Å². The third-order valence-corrected chi connectivity index (χ3v) is 5.59. The molecule has 24 heavy (non-hydrogen) atoms. The van der Waals surface area contributed by atoms with Gasteiger partial charge in [0.15, 0.2) is 5.69 Å². The van der Waals surface area contributed by atoms with Gasteiger partial charge in [0.25, 0.3) is 5.91 Å². The van der Waals surface area contributed by atoms with Crippen molar-refractivity contribution in [1.82, 2.24) is 14.5 Å². The molecule has 1 atom stereocenters. The van der Waals surface area contributed by atoms with Crippen molar-refractivity contribution in [1.29, 1.82) is 0 Å². The molecule has 0 radical (unpaired) electrons. The second-order valence-corrected chi connectivity index (χ2v) is 8.27. The third kappa shape index (κ3) is 1.97. The van der Waals surface area contributed by atoms with E-state index in [-0.39, 0.29) is 23.1 Å². The minimum atomic E-state index is -1.03. The van der Waals surface area contributed by atoms with E-state index in [1.165, 1.54) is 11.3 Å². The van der Waals surface area contributed by atoms with E-state index in [1.54, 1.807) is 0 Å². The molecule has 126 valence electrons. The van der Waals surface area contributed by atoms with Crippen LogP contribution in [0.25, 0.3) is 5.69 Å². The maximum atomic E-state index is 12.9. The Labute approximate surface area is 143 Å². The first-order valence-corrected chi connectivity index (χ1v) is 8.94. The average molecular weight is 345 g/mol. The fourth-order valence-electron chi connectivity index (χ4n) is 3.71. The van der Waals surface area contributed by atoms with Crippen LogP contribution < -0.4 is 0 Å². The third-order valence-electron chi connectivity index (χ3n) is 4.70. The predicted molar refractivity (Wildman–Crippen MR) is 90.1 cm³/mol. The first kappa shape index (κ1) is 15.4. The van der Waals surface area contributed by atoms with Gasteiger partial charge in [-0.05, 0) is 24.3 Å². The maximum absolute atomic E-state index is 12.9. The summed E-state index contributed by atoms with van der Waals surface area (Å²) < 4.78 is 1.93. The van der Waals surface area contributed by atoms with Crippen LogP contribution in [-0.2, 0) is 5.41 Å². The van der Waals surface area contributed by atoms with E-state index in [1.807, 2.05) is 41.7 Å². The van der Waals surface area contributed by atoms with E-state index in [0.29, 0.717) is 22.9 Å². The smallest absolute Gasteiger partial charge is 0.356 e. The van der Waals surface area contributed by atoms with Gasteiger partial charge in [-0.25, -0.2) is 9.78 Å². The first-order valence-electron chi connectivity index (χ1n) is 8.06. The molecule has 0 aliphatic carbocycles. The van der Waals surface area contributed by atoms with E-state index in [2.05, 4.69) is 4.98 Å². The van der Waals surface area contributed by atoms with Crippen molar-refractivity contribution >= 4 is 23.2 Å². The Morgan fingerprint density at radius 2 is 2.17 bits per heavy atom. The van der Waals surface area contributed by atoms with Gasteiger partial charge < -0.3 is 10.0 Å². The molecule has 2 aliphatic rings. The Balaban J connectivity index is 2.12. The van der Waals surface area contributed by atoms with Crippen molar-refractivity contribution in [3.63, 3.8) is 0 Å². The second kappa shape index (κ2) is 4.92. The summed E-state index contributed by atoms with van der Waals surface area (Å²) in [6.45, 7) is 6.70. The van der Waals surface area contributed by atoms with Crippen LogP contribution >= 0.6 is 11.3 Å². The highest BCUT2D eigenvalue weighted by molar-refractivity contribution is 7.12. The summed E-state index contributed by atoms with van der Waals surface area (Å²) in [6.07, 6.45) is 1.66. The minimum Gasteiger partial charge on any atom is -0.476 e. The van der Waals surface area contributed by atoms with Gasteiger partial charge in [0.1, 0.15) is 10.7 Å². The number of hydrogen-bond donors (Lipinski definition) is 1. The molecule has 7 heteroatoms. The number of carbonyl (C=O) groups excluding carboxylic acids is 1. The molecule has 1 fully saturated rings. The highest BCUT2D eigenvalue weighted by Gasteiger charge is 2.43. The van der Waals surface area contributed by atoms with E-state index >= 15 is 0 Å². The SMILES string of the molecule is CC(C)(C)c1nc(C(=O)O)c2n1-c1ccsc1C(=O)N1CCC[C@@H]21. The van der Waals surface area contributed by atoms with Gasteiger partial charge in [-0.15, -0.1) is 11.3 Å². The number of amides is 1. The Morgan fingerprint density at radius 1 is 1.42 bits per heavy atom. The van der Waals surface area contributed by atoms with Crippen LogP contribution in [0.2, 0.25) is 0 Å². The van der Waals surface area contributed by atoms with Crippen molar-refractivity contribution in [2.45, 2.75) is 45.1 Å². The largest absolute Gasteiger partial charge is 0.476 e. The lowest BCUT2D eigenvalue weighted by Gasteiger charge is -2.23. The number of rotatable bonds is 1. The van der Waals surface area contributed by atoms with Gasteiger partial charge in [-0.1, -0.05) is 20.8 Å². The van der Waals surface area contributed by atoms with Crippen LogP contribution in [0.1, 0.15) is 71.3 Å². The molecule has 2 aromatic heterocycles. The number of carbonyl (C=O) groups is 2. The number of thiophene rings is 1. The van der Waals surface area contributed by atoms with Gasteiger partial charge in [0, 0.05) is 12.0 Å². The van der Waals surface area contributed by atoms with Gasteiger partial charge >= 0.3 is 5.97 Å². The monoisotopic (exact) mass is 345 g/mol. The summed E-state index contributed by atoms with van der Waals surface area (Å²) in [4.78, 5) is 31.8. The number of nitrogens with zero attached hydrogens (tertiary/aromatic N) is 3. The molecular formula is C17H19N3O3S. The molecule has 0 bridgehead atoms. The molecule has 0 unspecified atom stereocenters. The molecule has 1 amide bonds. The van der Waals surface area contributed by atoms with E-state index in [4.69, 9.17) is 0 Å². The highest BCUT2D eigenvalue weighted by atomic mass is 32.1. The van der Waals surface area contributed by atoms with Crippen LogP contribution in [0.3, 0.4) is 0 Å². The standard InChI is InChI=1S/C17H19N3O3S/c1-17(2,3)16-18-11(15(22)23)12-9-5-4-7-19(9)14(21)13-10(20(12)16)6-8-24-13/h6,8-9H,4-5,7H2,1-3H3,(H,22,23)/t9-/m0/s1. The van der Waals surface area contributed by atoms with Gasteiger partial charge in [0.05, 0.1) is 17.4 Å². The summed E-state index contributed by atoms with van der Waals surface area (Å²) >= 11 is 1.41. The minimum absolute atomic E-state index is 0.00222. The fourth-order valence-corrected chi connectivity index (χ4v) is 4.54. The number of carboxylic acid groups (broad SMARTS) is 1. The van der Waals surface area contributed by atoms with Crippen molar-refractivity contribution < 1.29 is 14.7 Å². The van der Waals surface area contributed by atoms with E-state index in [0.717, 1.165) is 18.5 Å². The van der Waals surface area contributed by atoms with Crippen LogP contribution in [0, 0.1) is 0 Å². The van der Waals surface area contributed by atoms with Crippen LogP contribution in [0.5, 0.6) is 0 Å². The first-order chi connectivity index (χ1) is 11.3. The molecule has 0 spiro atoms. The molecule has 1 saturated heterocycles. The molecule has 4 rings (SSSR count). The molecule has 2 aliphatic heterocycles. The second-order valence-electron chi connectivity index (χ2n) is 7.35. The Kier molecular flexibility index (Phi) is 3.16. The summed E-state index contributed by atoms with van der Waals surface area (Å²) in [5, 5.41) is 11.6. The lowest BCUT2D eigenvalue weighted by molar-refractivity contribution is 0.0674. The topological polar surface area (TPSA) is 75.4 Å². The molecule has 1 N–H and O–H groups in total. The number of carboxylic acids is 1. The van der Waals surface area contributed by atoms with E-state index < -0.39 is 5.97 Å². The van der Waals surface area contributed by atoms with Crippen LogP contribution in [-0.4, -0.2) is 38.0 Å². The van der Waals surface area contributed by atoms with Crippen molar-refractivity contribution in [2.24, 2.45) is 0 Å². The molecule has 2 aromatic rings. The number of hydrogen-bond acceptors (Lipinski definition) is 4. The Bertz CT molecular complexity index is 859. The lowest BCUT2D eigenvalue weighted by atomic mass is 9.95. The summed E-state index contributed by atoms with van der Waals surface area (Å²) in [7, 11) is 0. The molecule has 4 heterocycles. The maximum Gasteiger partial charge on any atom is 0.356 e. The summed E-state index contributed by atoms with van der Waals surface area (Å²) in [6, 6.07) is 1.68. The highest BCUT2D eigenvalue weighted by Crippen LogP contribution is 2.43. The van der Waals surface area contributed by atoms with Crippen LogP contribution in [0.4, 0.5) is 0 Å². The zero-order valence-electron chi connectivity index (χ0n) is 13.9. The zero-order chi connectivity index (χ0) is 17.2. The fraction of sp³-hybridized carbons (Fsp3) is 0.471. The predicted octanol–water partition coefficient (Wildman–Crippen LogP) is 3.22. The lowest BCUT2D eigenvalue weighted by Crippen LogP contribution is -2.29. The summed E-state index contributed by atoms with van der Waals surface area (Å²) in [5.41, 5.74) is 1.15. The summed E-state index contributed by atoms with van der Waals surface area (Å²) in [5.74, 6) is -0.342. The Morgan fingerprint density at radius 3 is 2.83 bits per heavy atom. The number of fused-ring (bicyclic) bond motifs is 5. The molecule has 0 aromatic carbocycles. The Hall–Kier alpha value is -2.15.